The minimum absolute atomic E-state index is 0.0202. The van der Waals surface area contributed by atoms with Crippen molar-refractivity contribution in [3.05, 3.63) is 67.3 Å². The molecule has 0 aromatic heterocycles. The largest absolute Gasteiger partial charge is 0.491 e. The second-order valence-corrected chi connectivity index (χ2v) is 23.7. The molecule has 1 aliphatic carbocycles. The van der Waals surface area contributed by atoms with Crippen LogP contribution in [0.3, 0.4) is 0 Å². The lowest BCUT2D eigenvalue weighted by atomic mass is 9.90. The van der Waals surface area contributed by atoms with Crippen LogP contribution >= 0.6 is 0 Å². The first-order valence-electron chi connectivity index (χ1n) is 17.2. The molecule has 1 aromatic carbocycles. The number of alkyl halides is 3. The van der Waals surface area contributed by atoms with Crippen molar-refractivity contribution >= 4 is 22.6 Å². The highest BCUT2D eigenvalue weighted by Gasteiger charge is 2.48. The van der Waals surface area contributed by atoms with Gasteiger partial charge in [0.15, 0.2) is 16.6 Å². The van der Waals surface area contributed by atoms with E-state index in [2.05, 4.69) is 73.9 Å². The van der Waals surface area contributed by atoms with Crippen LogP contribution in [0.15, 0.2) is 61.7 Å². The van der Waals surface area contributed by atoms with Crippen molar-refractivity contribution in [3.63, 3.8) is 0 Å². The molecule has 0 N–H and O–H groups in total. The lowest BCUT2D eigenvalue weighted by Gasteiger charge is -2.40. The third-order valence-corrected chi connectivity index (χ3v) is 19.3. The van der Waals surface area contributed by atoms with Crippen LogP contribution in [-0.2, 0) is 24.6 Å². The van der Waals surface area contributed by atoms with Crippen molar-refractivity contribution in [1.29, 1.82) is 0 Å². The number of allylic oxidation sites excluding steroid dienone is 2. The molecule has 266 valence electrons. The van der Waals surface area contributed by atoms with Gasteiger partial charge >= 0.3 is 12.1 Å². The molecule has 1 saturated carbocycles. The van der Waals surface area contributed by atoms with Crippen molar-refractivity contribution in [1.82, 2.24) is 0 Å². The predicted octanol–water partition coefficient (Wildman–Crippen LogP) is 10.9. The van der Waals surface area contributed by atoms with Crippen molar-refractivity contribution in [2.75, 3.05) is 6.61 Å². The third kappa shape index (κ3) is 12.0. The van der Waals surface area contributed by atoms with Gasteiger partial charge < -0.3 is 18.3 Å². The van der Waals surface area contributed by atoms with Gasteiger partial charge in [0.2, 0.25) is 0 Å². The van der Waals surface area contributed by atoms with Crippen LogP contribution in [0.2, 0.25) is 36.3 Å². The molecule has 0 saturated heterocycles. The predicted molar refractivity (Wildman–Crippen MR) is 191 cm³/mol. The molecule has 0 spiro atoms. The molecule has 0 amide bonds. The number of hydrogen-bond acceptors (Lipinski definition) is 5. The molecule has 0 bridgehead atoms. The van der Waals surface area contributed by atoms with E-state index in [1.54, 1.807) is 6.08 Å². The fraction of sp³-hybridized carbons (Fsp3) is 0.649. The zero-order chi connectivity index (χ0) is 35.5. The maximum Gasteiger partial charge on any atom is 0.416 e. The van der Waals surface area contributed by atoms with E-state index in [1.165, 1.54) is 12.1 Å². The summed E-state index contributed by atoms with van der Waals surface area (Å²) in [6.45, 7) is 25.3. The standard InChI is InChI=1S/C37H59F3O5Si2/c1-11-16-17-22-35(41)43-33-26-34(45-46(9,10)36(6,7)8)32(31(33)19-12-2)24-23-30(44-47(13-3,14-4)15-5)27-42-29-21-18-20-28(25-29)37(38,39)40/h11-12,18,20-21,23-25,30-34H,1-2,13-17,19,22,26-27H2,3-10H3. The minimum atomic E-state index is -4.46. The molecule has 1 fully saturated rings. The van der Waals surface area contributed by atoms with Crippen molar-refractivity contribution in [2.45, 2.75) is 134 Å². The van der Waals surface area contributed by atoms with E-state index < -0.39 is 34.5 Å². The molecule has 5 atom stereocenters. The Balaban J connectivity index is 2.48. The summed E-state index contributed by atoms with van der Waals surface area (Å²) in [4.78, 5) is 12.9. The maximum absolute atomic E-state index is 13.4. The smallest absolute Gasteiger partial charge is 0.416 e. The highest BCUT2D eigenvalue weighted by Crippen LogP contribution is 2.45. The van der Waals surface area contributed by atoms with Gasteiger partial charge in [-0.25, -0.2) is 0 Å². The number of carbonyl (C=O) groups is 1. The van der Waals surface area contributed by atoms with E-state index in [4.69, 9.17) is 18.3 Å². The monoisotopic (exact) mass is 696 g/mol. The number of unbranched alkanes of at least 4 members (excludes halogenated alkanes) is 1. The van der Waals surface area contributed by atoms with E-state index in [9.17, 15) is 18.0 Å². The summed E-state index contributed by atoms with van der Waals surface area (Å²) in [5.74, 6) is -0.209. The molecule has 5 unspecified atom stereocenters. The second kappa shape index (κ2) is 18.0. The van der Waals surface area contributed by atoms with E-state index in [0.29, 0.717) is 25.7 Å². The maximum atomic E-state index is 13.4. The van der Waals surface area contributed by atoms with Crippen LogP contribution in [0.1, 0.15) is 79.2 Å². The zero-order valence-electron chi connectivity index (χ0n) is 30.0. The van der Waals surface area contributed by atoms with Crippen molar-refractivity contribution in [2.24, 2.45) is 11.8 Å². The fourth-order valence-corrected chi connectivity index (χ4v) is 10.1. The van der Waals surface area contributed by atoms with Crippen LogP contribution in [0.25, 0.3) is 0 Å². The fourth-order valence-electron chi connectivity index (χ4n) is 5.93. The van der Waals surface area contributed by atoms with Crippen LogP contribution in [0, 0.1) is 11.8 Å². The molecule has 1 aromatic rings. The molecule has 0 heterocycles. The summed E-state index contributed by atoms with van der Waals surface area (Å²) < 4.78 is 66.1. The Morgan fingerprint density at radius 1 is 1.04 bits per heavy atom. The van der Waals surface area contributed by atoms with Crippen LogP contribution in [0.5, 0.6) is 5.75 Å². The lowest BCUT2D eigenvalue weighted by Crippen LogP contribution is -2.45. The number of rotatable bonds is 19. The van der Waals surface area contributed by atoms with Gasteiger partial charge in [0.05, 0.1) is 17.8 Å². The Bertz CT molecular complexity index is 1160. The van der Waals surface area contributed by atoms with Crippen molar-refractivity contribution < 1.29 is 36.3 Å². The molecule has 47 heavy (non-hydrogen) atoms. The van der Waals surface area contributed by atoms with Crippen LogP contribution < -0.4 is 4.74 Å². The Kier molecular flexibility index (Phi) is 15.7. The van der Waals surface area contributed by atoms with E-state index in [-0.39, 0.29) is 47.4 Å². The summed E-state index contributed by atoms with van der Waals surface area (Å²) in [5.41, 5.74) is -0.753. The Labute approximate surface area is 284 Å². The van der Waals surface area contributed by atoms with Gasteiger partial charge in [-0.15, -0.1) is 13.2 Å². The summed E-state index contributed by atoms with van der Waals surface area (Å²) in [6.07, 6.45) is 5.34. The lowest BCUT2D eigenvalue weighted by molar-refractivity contribution is -0.151. The number of halogens is 3. The average Bonchev–Trinajstić information content (AvgIpc) is 3.30. The van der Waals surface area contributed by atoms with Gasteiger partial charge in [0, 0.05) is 24.7 Å². The second-order valence-electron chi connectivity index (χ2n) is 14.2. The molecule has 10 heteroatoms. The van der Waals surface area contributed by atoms with E-state index in [1.807, 2.05) is 12.2 Å². The van der Waals surface area contributed by atoms with Crippen LogP contribution in [-0.4, -0.2) is 47.5 Å². The molecule has 2 rings (SSSR count). The topological polar surface area (TPSA) is 54.0 Å². The number of esters is 1. The minimum Gasteiger partial charge on any atom is -0.491 e. The summed E-state index contributed by atoms with van der Waals surface area (Å²) in [6, 6.07) is 7.70. The van der Waals surface area contributed by atoms with Gasteiger partial charge in [0.25, 0.3) is 0 Å². The SMILES string of the molecule is C=CCCCC(=O)OC1CC(O[Si](C)(C)C(C)(C)C)C(C=CC(COc2cccc(C(F)(F)F)c2)O[Si](CC)(CC)CC)C1CC=C. The quantitative estimate of drug-likeness (QED) is 0.0624. The normalized spacial score (nSPS) is 21.5. The van der Waals surface area contributed by atoms with Gasteiger partial charge in [-0.1, -0.05) is 71.9 Å². The van der Waals surface area contributed by atoms with Gasteiger partial charge in [0.1, 0.15) is 18.5 Å². The Hall–Kier alpha value is -2.15. The molecular formula is C37H59F3O5Si2. The van der Waals surface area contributed by atoms with Crippen LogP contribution in [0.4, 0.5) is 13.2 Å². The molecule has 0 aliphatic heterocycles. The molecular weight excluding hydrogens is 638 g/mol. The Morgan fingerprint density at radius 3 is 2.26 bits per heavy atom. The van der Waals surface area contributed by atoms with Gasteiger partial charge in [-0.05, 0) is 73.7 Å². The highest BCUT2D eigenvalue weighted by molar-refractivity contribution is 6.74. The first-order valence-corrected chi connectivity index (χ1v) is 22.6. The summed E-state index contributed by atoms with van der Waals surface area (Å²) >= 11 is 0. The number of hydrogen-bond donors (Lipinski definition) is 0. The first-order chi connectivity index (χ1) is 22.0. The number of carbonyl (C=O) groups excluding carboxylic acids is 1. The van der Waals surface area contributed by atoms with E-state index in [0.717, 1.165) is 36.7 Å². The number of ether oxygens (including phenoxy) is 2. The first kappa shape index (κ1) is 41.0. The van der Waals surface area contributed by atoms with Gasteiger partial charge in [-0.2, -0.15) is 13.2 Å². The third-order valence-electron chi connectivity index (χ3n) is 10.1. The summed E-state index contributed by atoms with van der Waals surface area (Å²) in [7, 11) is -4.33. The molecule has 0 radical (unpaired) electrons. The summed E-state index contributed by atoms with van der Waals surface area (Å²) in [5, 5.41) is -0.0202. The molecule has 1 aliphatic rings. The van der Waals surface area contributed by atoms with E-state index >= 15 is 0 Å². The number of benzene rings is 1. The molecule has 5 nitrogen and oxygen atoms in total. The highest BCUT2D eigenvalue weighted by atomic mass is 28.4. The average molecular weight is 697 g/mol. The zero-order valence-corrected chi connectivity index (χ0v) is 32.0. The van der Waals surface area contributed by atoms with Crippen molar-refractivity contribution in [3.8, 4) is 5.75 Å². The van der Waals surface area contributed by atoms with Gasteiger partial charge in [-0.3, -0.25) is 4.79 Å². The Morgan fingerprint density at radius 2 is 1.70 bits per heavy atom.